The molecule has 0 amide bonds. The molecule has 0 fully saturated rings. The van der Waals surface area contributed by atoms with Gasteiger partial charge in [0.05, 0.1) is 28.1 Å². The number of rotatable bonds is 7. The zero-order valence-electron chi connectivity index (χ0n) is 39.7. The molecule has 0 unspecified atom stereocenters. The maximum Gasteiger partial charge on any atom is 0.0541 e. The van der Waals surface area contributed by atoms with Gasteiger partial charge in [0.15, 0.2) is 0 Å². The highest BCUT2D eigenvalue weighted by Crippen LogP contribution is 2.48. The summed E-state index contributed by atoms with van der Waals surface area (Å²) in [5, 5.41) is 10.1. The van der Waals surface area contributed by atoms with Crippen LogP contribution in [0.25, 0.3) is 93.2 Å². The molecule has 2 heteroatoms. The second kappa shape index (κ2) is 15.9. The Bertz CT molecular complexity index is 3770. The number of aromatic nitrogens is 1. The standard InChI is InChI=1S/C66H54N2/c1-65(2,3)50-30-38-61-56(41-50)57-42-51(66(4,5)6)31-39-62(57)68(61)60-37-29-47-26-34-54-59(36-28-46-27-35-55(60)64(47)63(46)54)67(58-23-14-13-22-53(58)45-18-11-8-12-19-45)52-32-24-44(25-33-52)49-21-15-20-48(40-49)43-16-9-7-10-17-43/h7-42H,1-6H3. The maximum atomic E-state index is 2.52. The molecule has 12 rings (SSSR count). The van der Waals surface area contributed by atoms with Gasteiger partial charge < -0.3 is 9.47 Å². The summed E-state index contributed by atoms with van der Waals surface area (Å²) in [7, 11) is 0. The van der Waals surface area contributed by atoms with Crippen LogP contribution in [0.5, 0.6) is 0 Å². The third-order valence-electron chi connectivity index (χ3n) is 14.3. The lowest BCUT2D eigenvalue weighted by molar-refractivity contribution is 0.590. The fourth-order valence-electron chi connectivity index (χ4n) is 10.6. The molecular formula is C66H54N2. The van der Waals surface area contributed by atoms with Crippen LogP contribution in [0.1, 0.15) is 52.7 Å². The number of para-hydroxylation sites is 1. The Morgan fingerprint density at radius 1 is 0.338 bits per heavy atom. The van der Waals surface area contributed by atoms with Crippen molar-refractivity contribution >= 4 is 71.2 Å². The van der Waals surface area contributed by atoms with Crippen molar-refractivity contribution < 1.29 is 0 Å². The second-order valence-corrected chi connectivity index (χ2v) is 20.6. The van der Waals surface area contributed by atoms with E-state index in [-0.39, 0.29) is 10.8 Å². The molecule has 12 aromatic rings. The third kappa shape index (κ3) is 6.94. The molecule has 0 saturated heterocycles. The van der Waals surface area contributed by atoms with Crippen molar-refractivity contribution in [3.63, 3.8) is 0 Å². The highest BCUT2D eigenvalue weighted by atomic mass is 15.1. The Kier molecular flexibility index (Phi) is 9.67. The van der Waals surface area contributed by atoms with Gasteiger partial charge in [-0.2, -0.15) is 0 Å². The van der Waals surface area contributed by atoms with Crippen LogP contribution in [-0.2, 0) is 10.8 Å². The van der Waals surface area contributed by atoms with Crippen LogP contribution in [-0.4, -0.2) is 4.57 Å². The van der Waals surface area contributed by atoms with E-state index in [1.807, 2.05) is 0 Å². The number of benzene rings is 11. The summed E-state index contributed by atoms with van der Waals surface area (Å²) in [4.78, 5) is 2.48. The van der Waals surface area contributed by atoms with Crippen LogP contribution in [0.3, 0.4) is 0 Å². The first kappa shape index (κ1) is 41.5. The predicted octanol–water partition coefficient (Wildman–Crippen LogP) is 18.7. The number of hydrogen-bond donors (Lipinski definition) is 0. The molecule has 68 heavy (non-hydrogen) atoms. The molecule has 0 spiro atoms. The molecular weight excluding hydrogens is 821 g/mol. The van der Waals surface area contributed by atoms with Crippen LogP contribution >= 0.6 is 0 Å². The highest BCUT2D eigenvalue weighted by molar-refractivity contribution is 6.27. The second-order valence-electron chi connectivity index (χ2n) is 20.6. The van der Waals surface area contributed by atoms with Crippen LogP contribution in [0, 0.1) is 0 Å². The van der Waals surface area contributed by atoms with Gasteiger partial charge in [-0.25, -0.2) is 0 Å². The molecule has 0 atom stereocenters. The fraction of sp³-hybridized carbons (Fsp3) is 0.121. The number of anilines is 3. The van der Waals surface area contributed by atoms with Crippen molar-refractivity contribution in [3.05, 3.63) is 230 Å². The Labute approximate surface area is 399 Å². The summed E-state index contributed by atoms with van der Waals surface area (Å²) < 4.78 is 2.52. The van der Waals surface area contributed by atoms with E-state index in [4.69, 9.17) is 0 Å². The molecule has 0 aliphatic heterocycles. The molecule has 0 bridgehead atoms. The van der Waals surface area contributed by atoms with Crippen molar-refractivity contribution in [3.8, 4) is 39.1 Å². The first-order chi connectivity index (χ1) is 33.0. The number of nitrogens with zero attached hydrogens (tertiary/aromatic N) is 2. The van der Waals surface area contributed by atoms with Gasteiger partial charge in [0.2, 0.25) is 0 Å². The lowest BCUT2D eigenvalue weighted by Gasteiger charge is -2.30. The predicted molar refractivity (Wildman–Crippen MR) is 293 cm³/mol. The van der Waals surface area contributed by atoms with Gasteiger partial charge in [0.1, 0.15) is 0 Å². The topological polar surface area (TPSA) is 8.17 Å². The van der Waals surface area contributed by atoms with E-state index < -0.39 is 0 Å². The lowest BCUT2D eigenvalue weighted by Crippen LogP contribution is -2.12. The van der Waals surface area contributed by atoms with Gasteiger partial charge in [-0.05, 0) is 132 Å². The third-order valence-corrected chi connectivity index (χ3v) is 14.3. The number of fused-ring (bicyclic) bond motifs is 3. The van der Waals surface area contributed by atoms with Gasteiger partial charge in [0.25, 0.3) is 0 Å². The van der Waals surface area contributed by atoms with Gasteiger partial charge in [-0.15, -0.1) is 0 Å². The van der Waals surface area contributed by atoms with Crippen molar-refractivity contribution in [2.45, 2.75) is 52.4 Å². The Morgan fingerprint density at radius 2 is 0.838 bits per heavy atom. The monoisotopic (exact) mass is 874 g/mol. The van der Waals surface area contributed by atoms with E-state index in [2.05, 4.69) is 269 Å². The quantitative estimate of drug-likeness (QED) is 0.145. The van der Waals surface area contributed by atoms with E-state index >= 15 is 0 Å². The molecule has 0 aliphatic rings. The zero-order valence-corrected chi connectivity index (χ0v) is 39.7. The molecule has 328 valence electrons. The van der Waals surface area contributed by atoms with Crippen LogP contribution in [0.4, 0.5) is 17.1 Å². The zero-order chi connectivity index (χ0) is 46.3. The molecule has 0 aliphatic carbocycles. The van der Waals surface area contributed by atoms with Crippen LogP contribution < -0.4 is 4.90 Å². The minimum absolute atomic E-state index is 0.0287. The van der Waals surface area contributed by atoms with Crippen molar-refractivity contribution in [1.29, 1.82) is 0 Å². The van der Waals surface area contributed by atoms with Crippen LogP contribution in [0.2, 0.25) is 0 Å². The van der Waals surface area contributed by atoms with E-state index in [1.165, 1.54) is 104 Å². The van der Waals surface area contributed by atoms with Gasteiger partial charge in [-0.1, -0.05) is 199 Å². The van der Waals surface area contributed by atoms with E-state index in [0.29, 0.717) is 0 Å². The summed E-state index contributed by atoms with van der Waals surface area (Å²) in [6.45, 7) is 13.9. The summed E-state index contributed by atoms with van der Waals surface area (Å²) in [5.74, 6) is 0. The maximum absolute atomic E-state index is 2.52. The summed E-state index contributed by atoms with van der Waals surface area (Å²) >= 11 is 0. The Hall–Kier alpha value is -7.94. The first-order valence-electron chi connectivity index (χ1n) is 24.0. The first-order valence-corrected chi connectivity index (χ1v) is 24.0. The van der Waals surface area contributed by atoms with Gasteiger partial charge in [-0.3, -0.25) is 0 Å². The van der Waals surface area contributed by atoms with Crippen LogP contribution in [0.15, 0.2) is 218 Å². The average molecular weight is 875 g/mol. The molecule has 0 N–H and O–H groups in total. The summed E-state index contributed by atoms with van der Waals surface area (Å²) in [5.41, 5.74) is 16.9. The summed E-state index contributed by atoms with van der Waals surface area (Å²) in [6, 6.07) is 81.3. The normalized spacial score (nSPS) is 12.3. The van der Waals surface area contributed by atoms with Gasteiger partial charge >= 0.3 is 0 Å². The highest BCUT2D eigenvalue weighted by Gasteiger charge is 2.25. The van der Waals surface area contributed by atoms with Crippen molar-refractivity contribution in [2.75, 3.05) is 4.90 Å². The van der Waals surface area contributed by atoms with E-state index in [0.717, 1.165) is 17.1 Å². The average Bonchev–Trinajstić information content (AvgIpc) is 3.69. The molecule has 2 nitrogen and oxygen atoms in total. The van der Waals surface area contributed by atoms with E-state index in [9.17, 15) is 0 Å². The molecule has 1 aromatic heterocycles. The smallest absolute Gasteiger partial charge is 0.0541 e. The Morgan fingerprint density at radius 3 is 1.46 bits per heavy atom. The summed E-state index contributed by atoms with van der Waals surface area (Å²) in [6.07, 6.45) is 0. The molecule has 0 saturated carbocycles. The largest absolute Gasteiger partial charge is 0.309 e. The molecule has 1 heterocycles. The molecule has 0 radical (unpaired) electrons. The SMILES string of the molecule is CC(C)(C)c1ccc2c(c1)c1cc(C(C)(C)C)ccc1n2-c1ccc2ccc3c(N(c4ccc(-c5cccc(-c6ccccc6)c5)cc4)c4ccccc4-c4ccccc4)ccc4ccc1c2c43. The van der Waals surface area contributed by atoms with Crippen molar-refractivity contribution in [1.82, 2.24) is 4.57 Å². The van der Waals surface area contributed by atoms with Gasteiger partial charge in [0, 0.05) is 32.8 Å². The Balaban J connectivity index is 1.07. The fourth-order valence-corrected chi connectivity index (χ4v) is 10.6. The number of hydrogen-bond acceptors (Lipinski definition) is 1. The van der Waals surface area contributed by atoms with Crippen molar-refractivity contribution in [2.24, 2.45) is 0 Å². The minimum atomic E-state index is 0.0287. The lowest BCUT2D eigenvalue weighted by atomic mass is 9.85. The van der Waals surface area contributed by atoms with E-state index in [1.54, 1.807) is 0 Å². The molecule has 11 aromatic carbocycles. The minimum Gasteiger partial charge on any atom is -0.309 e.